The molecule has 0 aliphatic heterocycles. The lowest BCUT2D eigenvalue weighted by Crippen LogP contribution is -2.43. The fourth-order valence-electron chi connectivity index (χ4n) is 6.65. The van der Waals surface area contributed by atoms with Gasteiger partial charge in [-0.2, -0.15) is 0 Å². The molecular formula is C34H29N3O4. The Morgan fingerprint density at radius 2 is 1.05 bits per heavy atom. The predicted molar refractivity (Wildman–Crippen MR) is 159 cm³/mol. The zero-order valence-electron chi connectivity index (χ0n) is 23.2. The summed E-state index contributed by atoms with van der Waals surface area (Å²) in [5.41, 5.74) is 9.52. The zero-order valence-corrected chi connectivity index (χ0v) is 23.2. The minimum Gasteiger partial charge on any atom is -0.326 e. The number of rotatable bonds is 5. The molecule has 0 saturated carbocycles. The van der Waals surface area contributed by atoms with Gasteiger partial charge in [-0.3, -0.25) is 19.2 Å². The minimum absolute atomic E-state index is 0.114. The Labute approximate surface area is 238 Å². The average molecular weight is 544 g/mol. The minimum atomic E-state index is -0.919. The molecule has 7 heteroatoms. The highest BCUT2D eigenvalue weighted by Crippen LogP contribution is 2.62. The van der Waals surface area contributed by atoms with E-state index in [1.165, 1.54) is 20.8 Å². The maximum atomic E-state index is 12.2. The molecule has 204 valence electrons. The number of aryl methyl sites for hydroxylation is 1. The first-order valence-electron chi connectivity index (χ1n) is 13.5. The van der Waals surface area contributed by atoms with Gasteiger partial charge in [0, 0.05) is 49.3 Å². The molecule has 0 unspecified atom stereocenters. The summed E-state index contributed by atoms with van der Waals surface area (Å²) in [5.74, 6) is -0.655. The number of hydrogen-bond acceptors (Lipinski definition) is 4. The molecule has 0 aromatic heterocycles. The Balaban J connectivity index is 1.77. The van der Waals surface area contributed by atoms with Crippen LogP contribution in [0.4, 0.5) is 17.1 Å². The highest BCUT2D eigenvalue weighted by molar-refractivity contribution is 5.92. The second kappa shape index (κ2) is 9.55. The van der Waals surface area contributed by atoms with Crippen LogP contribution in [0.1, 0.15) is 81.6 Å². The lowest BCUT2D eigenvalue weighted by atomic mass is 9.50. The van der Waals surface area contributed by atoms with E-state index < -0.39 is 5.41 Å². The van der Waals surface area contributed by atoms with E-state index in [2.05, 4.69) is 34.1 Å². The smallest absolute Gasteiger partial charge is 0.221 e. The highest BCUT2D eigenvalue weighted by atomic mass is 16.2. The van der Waals surface area contributed by atoms with Crippen molar-refractivity contribution in [3.63, 3.8) is 0 Å². The molecule has 3 aliphatic rings. The Morgan fingerprint density at radius 1 is 0.634 bits per heavy atom. The van der Waals surface area contributed by atoms with Gasteiger partial charge in [0.1, 0.15) is 6.29 Å². The lowest BCUT2D eigenvalue weighted by molar-refractivity contribution is -0.115. The van der Waals surface area contributed by atoms with Crippen LogP contribution in [0, 0.1) is 6.92 Å². The lowest BCUT2D eigenvalue weighted by Gasteiger charge is -2.51. The Kier molecular flexibility index (Phi) is 6.10. The van der Waals surface area contributed by atoms with Crippen LogP contribution >= 0.6 is 0 Å². The van der Waals surface area contributed by atoms with Crippen molar-refractivity contribution < 1.29 is 19.2 Å². The first-order chi connectivity index (χ1) is 19.6. The summed E-state index contributed by atoms with van der Waals surface area (Å²) < 4.78 is 0. The van der Waals surface area contributed by atoms with E-state index in [1.54, 1.807) is 0 Å². The molecule has 0 heterocycles. The topological polar surface area (TPSA) is 104 Å². The molecule has 4 aromatic rings. The van der Waals surface area contributed by atoms with E-state index >= 15 is 0 Å². The van der Waals surface area contributed by atoms with Crippen LogP contribution in [0.15, 0.2) is 72.8 Å². The molecule has 0 saturated heterocycles. The number of nitrogens with one attached hydrogen (secondary N) is 3. The average Bonchev–Trinajstić information content (AvgIpc) is 2.92. The summed E-state index contributed by atoms with van der Waals surface area (Å²) in [4.78, 5) is 48.4. The molecule has 0 spiro atoms. The first-order valence-corrected chi connectivity index (χ1v) is 13.5. The summed E-state index contributed by atoms with van der Waals surface area (Å²) in [7, 11) is 0. The van der Waals surface area contributed by atoms with Crippen molar-refractivity contribution in [2.75, 3.05) is 16.0 Å². The summed E-state index contributed by atoms with van der Waals surface area (Å²) >= 11 is 0. The molecule has 3 amide bonds. The highest BCUT2D eigenvalue weighted by Gasteiger charge is 2.53. The monoisotopic (exact) mass is 543 g/mol. The van der Waals surface area contributed by atoms with E-state index in [0.29, 0.717) is 22.6 Å². The van der Waals surface area contributed by atoms with Gasteiger partial charge >= 0.3 is 0 Å². The van der Waals surface area contributed by atoms with Crippen molar-refractivity contribution >= 4 is 41.1 Å². The number of carbonyl (C=O) groups is 4. The van der Waals surface area contributed by atoms with Crippen molar-refractivity contribution in [1.29, 1.82) is 0 Å². The molecule has 41 heavy (non-hydrogen) atoms. The van der Waals surface area contributed by atoms with Crippen molar-refractivity contribution in [3.05, 3.63) is 123 Å². The fraction of sp³-hybridized carbons (Fsp3) is 0.176. The van der Waals surface area contributed by atoms with Gasteiger partial charge in [0.15, 0.2) is 0 Å². The Hall–Kier alpha value is -5.04. The zero-order chi connectivity index (χ0) is 29.1. The molecule has 7 rings (SSSR count). The van der Waals surface area contributed by atoms with E-state index in [4.69, 9.17) is 0 Å². The van der Waals surface area contributed by atoms with Gasteiger partial charge in [-0.05, 0) is 93.9 Å². The number of hydrogen-bond donors (Lipinski definition) is 3. The predicted octanol–water partition coefficient (Wildman–Crippen LogP) is 5.87. The van der Waals surface area contributed by atoms with Crippen molar-refractivity contribution in [1.82, 2.24) is 0 Å². The van der Waals surface area contributed by atoms with Crippen LogP contribution in [0.5, 0.6) is 0 Å². The number of amides is 3. The molecule has 0 atom stereocenters. The Morgan fingerprint density at radius 3 is 1.41 bits per heavy atom. The molecule has 4 aromatic carbocycles. The molecule has 7 nitrogen and oxygen atoms in total. The number of benzene rings is 4. The summed E-state index contributed by atoms with van der Waals surface area (Å²) in [6.45, 7) is 6.32. The summed E-state index contributed by atoms with van der Waals surface area (Å²) in [6, 6.07) is 23.8. The summed E-state index contributed by atoms with van der Waals surface area (Å²) in [5, 5.41) is 8.79. The third-order valence-corrected chi connectivity index (χ3v) is 8.11. The second-order valence-corrected chi connectivity index (χ2v) is 10.8. The third kappa shape index (κ3) is 4.04. The van der Waals surface area contributed by atoms with Gasteiger partial charge in [0.2, 0.25) is 17.7 Å². The van der Waals surface area contributed by atoms with Crippen LogP contribution in [0.25, 0.3) is 0 Å². The molecule has 0 radical (unpaired) electrons. The second-order valence-electron chi connectivity index (χ2n) is 10.8. The van der Waals surface area contributed by atoms with Gasteiger partial charge in [-0.25, -0.2) is 0 Å². The van der Waals surface area contributed by atoms with Crippen LogP contribution in [-0.4, -0.2) is 24.0 Å². The van der Waals surface area contributed by atoms with Gasteiger partial charge in [0.25, 0.3) is 0 Å². The normalized spacial score (nSPS) is 17.5. The van der Waals surface area contributed by atoms with Crippen LogP contribution < -0.4 is 16.0 Å². The van der Waals surface area contributed by atoms with Gasteiger partial charge in [0.05, 0.1) is 5.41 Å². The van der Waals surface area contributed by atoms with E-state index in [0.717, 1.165) is 50.8 Å². The molecule has 2 bridgehead atoms. The van der Waals surface area contributed by atoms with Crippen LogP contribution in [0.2, 0.25) is 0 Å². The van der Waals surface area contributed by atoms with Crippen LogP contribution in [-0.2, 0) is 19.8 Å². The maximum absolute atomic E-state index is 12.2. The molecule has 3 N–H and O–H groups in total. The molecular weight excluding hydrogens is 514 g/mol. The number of carbonyl (C=O) groups excluding carboxylic acids is 4. The number of anilines is 3. The maximum Gasteiger partial charge on any atom is 0.221 e. The van der Waals surface area contributed by atoms with Gasteiger partial charge in [-0.1, -0.05) is 30.3 Å². The van der Waals surface area contributed by atoms with Crippen molar-refractivity contribution in [2.24, 2.45) is 0 Å². The third-order valence-electron chi connectivity index (χ3n) is 8.11. The van der Waals surface area contributed by atoms with E-state index in [-0.39, 0.29) is 23.6 Å². The van der Waals surface area contributed by atoms with Gasteiger partial charge in [-0.15, -0.1) is 0 Å². The summed E-state index contributed by atoms with van der Waals surface area (Å²) in [6.07, 6.45) is 0.863. The van der Waals surface area contributed by atoms with E-state index in [1.807, 2.05) is 61.5 Å². The first kappa shape index (κ1) is 26.2. The Bertz CT molecular complexity index is 1640. The van der Waals surface area contributed by atoms with Gasteiger partial charge < -0.3 is 16.0 Å². The van der Waals surface area contributed by atoms with Crippen molar-refractivity contribution in [2.45, 2.75) is 39.0 Å². The quantitative estimate of drug-likeness (QED) is 0.237. The van der Waals surface area contributed by atoms with Crippen LogP contribution in [0.3, 0.4) is 0 Å². The number of aldehydes is 1. The van der Waals surface area contributed by atoms with Crippen molar-refractivity contribution in [3.8, 4) is 0 Å². The standard InChI is InChI=1S/C34H29N3O4/c1-18-5-6-23(13-22(18)17-38)34-30-14-24(35-19(2)39)7-10-27(30)33(28-11-8-25(15-31(28)34)36-20(3)40)29-12-9-26(16-32(29)34)37-21(4)41/h5-17,33H,1-4H3,(H,35,39)(H,36,40)(H,37,41). The largest absolute Gasteiger partial charge is 0.326 e. The van der Waals surface area contributed by atoms with E-state index in [9.17, 15) is 19.2 Å². The fourth-order valence-corrected chi connectivity index (χ4v) is 6.65. The molecule has 3 aliphatic carbocycles. The molecule has 0 fully saturated rings. The SMILES string of the molecule is CC(=O)Nc1ccc2c(c1)C1(c3ccc(C)c(C=O)c3)c3cc(NC(C)=O)ccc3C2c2ccc(NC(C)=O)cc21.